The van der Waals surface area contributed by atoms with Crippen LogP contribution < -0.4 is 0 Å². The molecule has 0 bridgehead atoms. The minimum Gasteiger partial charge on any atom is -0.462 e. The first-order chi connectivity index (χ1) is 31.5. The molecule has 0 aromatic carbocycles. The summed E-state index contributed by atoms with van der Waals surface area (Å²) in [4.78, 5) is 38.0. The predicted octanol–water partition coefficient (Wildman–Crippen LogP) is 17.6. The Morgan fingerprint density at radius 3 is 0.984 bits per heavy atom. The molecule has 0 unspecified atom stereocenters. The van der Waals surface area contributed by atoms with Crippen molar-refractivity contribution in [2.45, 2.75) is 252 Å². The highest BCUT2D eigenvalue weighted by atomic mass is 16.6. The molecule has 0 heterocycles. The molecule has 366 valence electrons. The number of hydrogen-bond donors (Lipinski definition) is 0. The lowest BCUT2D eigenvalue weighted by Gasteiger charge is -2.18. The zero-order valence-electron chi connectivity index (χ0n) is 41.8. The van der Waals surface area contributed by atoms with Gasteiger partial charge >= 0.3 is 17.9 Å². The molecule has 0 saturated carbocycles. The molecule has 0 rings (SSSR count). The van der Waals surface area contributed by atoms with E-state index in [4.69, 9.17) is 14.2 Å². The van der Waals surface area contributed by atoms with Crippen LogP contribution in [0.25, 0.3) is 0 Å². The topological polar surface area (TPSA) is 78.9 Å². The van der Waals surface area contributed by atoms with E-state index in [9.17, 15) is 14.4 Å². The van der Waals surface area contributed by atoms with Gasteiger partial charge in [-0.25, -0.2) is 0 Å². The van der Waals surface area contributed by atoms with Crippen molar-refractivity contribution in [3.8, 4) is 0 Å². The molecule has 0 spiro atoms. The SMILES string of the molecule is CC/C=C\C/C=C\C/C=C\C/C=C\CCCCCCC(=O)O[C@H](COC(=O)CCCCCC/C=C\C/C=C\C/C=C\CCCCC)COC(=O)CCCCCCCCCCCCCC. The molecule has 0 aliphatic carbocycles. The maximum atomic E-state index is 12.8. The minimum atomic E-state index is -0.797. The van der Waals surface area contributed by atoms with Crippen molar-refractivity contribution in [1.82, 2.24) is 0 Å². The van der Waals surface area contributed by atoms with Crippen LogP contribution in [0.15, 0.2) is 85.1 Å². The van der Waals surface area contributed by atoms with Crippen LogP contribution in [0.2, 0.25) is 0 Å². The Morgan fingerprint density at radius 2 is 0.609 bits per heavy atom. The summed E-state index contributed by atoms with van der Waals surface area (Å²) in [5.74, 6) is -0.938. The molecule has 64 heavy (non-hydrogen) atoms. The van der Waals surface area contributed by atoms with Crippen LogP contribution >= 0.6 is 0 Å². The second-order valence-corrected chi connectivity index (χ2v) is 17.4. The molecular weight excluding hydrogens is 793 g/mol. The molecule has 0 aromatic heterocycles. The van der Waals surface area contributed by atoms with E-state index in [0.717, 1.165) is 122 Å². The van der Waals surface area contributed by atoms with Crippen molar-refractivity contribution in [1.29, 1.82) is 0 Å². The van der Waals surface area contributed by atoms with Crippen molar-refractivity contribution in [2.24, 2.45) is 0 Å². The molecule has 6 heteroatoms. The smallest absolute Gasteiger partial charge is 0.306 e. The van der Waals surface area contributed by atoms with Gasteiger partial charge in [0, 0.05) is 19.3 Å². The first-order valence-electron chi connectivity index (χ1n) is 26.6. The zero-order valence-corrected chi connectivity index (χ0v) is 41.8. The summed E-state index contributed by atoms with van der Waals surface area (Å²) in [6.07, 6.45) is 67.0. The fourth-order valence-electron chi connectivity index (χ4n) is 7.15. The highest BCUT2D eigenvalue weighted by molar-refractivity contribution is 5.71. The van der Waals surface area contributed by atoms with E-state index in [2.05, 4.69) is 106 Å². The number of carbonyl (C=O) groups is 3. The highest BCUT2D eigenvalue weighted by Crippen LogP contribution is 2.14. The number of allylic oxidation sites excluding steroid dienone is 14. The highest BCUT2D eigenvalue weighted by Gasteiger charge is 2.19. The third-order valence-corrected chi connectivity index (χ3v) is 11.1. The van der Waals surface area contributed by atoms with Crippen LogP contribution in [0.4, 0.5) is 0 Å². The molecule has 0 amide bonds. The summed E-state index contributed by atoms with van der Waals surface area (Å²) in [6.45, 7) is 6.45. The number of rotatable bonds is 47. The summed E-state index contributed by atoms with van der Waals surface area (Å²) in [6, 6.07) is 0. The van der Waals surface area contributed by atoms with Crippen LogP contribution in [-0.4, -0.2) is 37.2 Å². The van der Waals surface area contributed by atoms with Crippen molar-refractivity contribution < 1.29 is 28.6 Å². The summed E-state index contributed by atoms with van der Waals surface area (Å²) in [5.41, 5.74) is 0. The number of ether oxygens (including phenoxy) is 3. The quantitative estimate of drug-likeness (QED) is 0.0262. The maximum Gasteiger partial charge on any atom is 0.306 e. The molecule has 1 atom stereocenters. The van der Waals surface area contributed by atoms with Crippen molar-refractivity contribution >= 4 is 17.9 Å². The summed E-state index contributed by atoms with van der Waals surface area (Å²) in [5, 5.41) is 0. The zero-order chi connectivity index (χ0) is 46.5. The van der Waals surface area contributed by atoms with Crippen LogP contribution in [0.5, 0.6) is 0 Å². The molecule has 0 radical (unpaired) electrons. The Kier molecular flexibility index (Phi) is 49.4. The lowest BCUT2D eigenvalue weighted by atomic mass is 10.0. The molecular formula is C58H98O6. The van der Waals surface area contributed by atoms with Crippen molar-refractivity contribution in [3.05, 3.63) is 85.1 Å². The van der Waals surface area contributed by atoms with Crippen LogP contribution in [0.3, 0.4) is 0 Å². The van der Waals surface area contributed by atoms with Crippen LogP contribution in [-0.2, 0) is 28.6 Å². The second kappa shape index (κ2) is 52.2. The standard InChI is InChI=1S/C58H98O6/c1-4-7-10-13-16-19-22-25-27-29-31-33-36-39-42-45-48-51-57(60)63-54-55(53-62-56(59)50-47-44-41-38-35-24-21-18-15-12-9-6-3)64-58(61)52-49-46-43-40-37-34-32-30-28-26-23-20-17-14-11-8-5-2/h8,11,16-17,19-20,25-28,31-34,55H,4-7,9-10,12-15,18,21-24,29-30,35-54H2,1-3H3/b11-8-,19-16-,20-17-,27-25-,28-26-,33-31-,34-32-/t55-/m0/s1. The normalized spacial score (nSPS) is 12.7. The second-order valence-electron chi connectivity index (χ2n) is 17.4. The number of unbranched alkanes of at least 4 members (excludes halogenated alkanes) is 22. The number of esters is 3. The lowest BCUT2D eigenvalue weighted by molar-refractivity contribution is -0.167. The largest absolute Gasteiger partial charge is 0.462 e. The van der Waals surface area contributed by atoms with Crippen molar-refractivity contribution in [3.63, 3.8) is 0 Å². The molecule has 6 nitrogen and oxygen atoms in total. The van der Waals surface area contributed by atoms with E-state index in [1.807, 2.05) is 0 Å². The van der Waals surface area contributed by atoms with Gasteiger partial charge in [0.15, 0.2) is 6.10 Å². The van der Waals surface area contributed by atoms with E-state index >= 15 is 0 Å². The van der Waals surface area contributed by atoms with E-state index < -0.39 is 6.10 Å². The number of carbonyl (C=O) groups excluding carboxylic acids is 3. The molecule has 0 fully saturated rings. The first-order valence-corrected chi connectivity index (χ1v) is 26.6. The van der Waals surface area contributed by atoms with Gasteiger partial charge in [0.2, 0.25) is 0 Å². The van der Waals surface area contributed by atoms with Crippen LogP contribution in [0, 0.1) is 0 Å². The Hall–Kier alpha value is -3.41. The fraction of sp³-hybridized carbons (Fsp3) is 0.707. The van der Waals surface area contributed by atoms with Gasteiger partial charge in [0.25, 0.3) is 0 Å². The molecule has 0 saturated heterocycles. The van der Waals surface area contributed by atoms with Crippen LogP contribution in [0.1, 0.15) is 245 Å². The van der Waals surface area contributed by atoms with Gasteiger partial charge in [0.05, 0.1) is 0 Å². The van der Waals surface area contributed by atoms with Gasteiger partial charge in [0.1, 0.15) is 13.2 Å². The monoisotopic (exact) mass is 891 g/mol. The summed E-state index contributed by atoms with van der Waals surface area (Å²) < 4.78 is 16.8. The van der Waals surface area contributed by atoms with Gasteiger partial charge in [-0.3, -0.25) is 14.4 Å². The first kappa shape index (κ1) is 60.6. The van der Waals surface area contributed by atoms with Gasteiger partial charge in [-0.15, -0.1) is 0 Å². The Balaban J connectivity index is 4.47. The molecule has 0 aliphatic heterocycles. The third-order valence-electron chi connectivity index (χ3n) is 11.1. The summed E-state index contributed by atoms with van der Waals surface area (Å²) >= 11 is 0. The minimum absolute atomic E-state index is 0.0928. The van der Waals surface area contributed by atoms with E-state index in [1.165, 1.54) is 83.5 Å². The Bertz CT molecular complexity index is 1250. The fourth-order valence-corrected chi connectivity index (χ4v) is 7.15. The molecule has 0 aliphatic rings. The van der Waals surface area contributed by atoms with E-state index in [-0.39, 0.29) is 31.1 Å². The van der Waals surface area contributed by atoms with Crippen molar-refractivity contribution in [2.75, 3.05) is 13.2 Å². The van der Waals surface area contributed by atoms with E-state index in [1.54, 1.807) is 0 Å². The number of hydrogen-bond acceptors (Lipinski definition) is 6. The molecule has 0 aromatic rings. The van der Waals surface area contributed by atoms with Gasteiger partial charge in [-0.2, -0.15) is 0 Å². The Morgan fingerprint density at radius 1 is 0.328 bits per heavy atom. The lowest BCUT2D eigenvalue weighted by Crippen LogP contribution is -2.30. The molecule has 0 N–H and O–H groups in total. The predicted molar refractivity (Wildman–Crippen MR) is 274 cm³/mol. The van der Waals surface area contributed by atoms with Gasteiger partial charge in [-0.05, 0) is 96.3 Å². The average Bonchev–Trinajstić information content (AvgIpc) is 3.29. The maximum absolute atomic E-state index is 12.8. The average molecular weight is 891 g/mol. The van der Waals surface area contributed by atoms with Gasteiger partial charge < -0.3 is 14.2 Å². The third kappa shape index (κ3) is 49.6. The Labute approximate surface area is 395 Å². The summed E-state index contributed by atoms with van der Waals surface area (Å²) in [7, 11) is 0. The van der Waals surface area contributed by atoms with E-state index in [0.29, 0.717) is 19.3 Å². The van der Waals surface area contributed by atoms with Gasteiger partial charge in [-0.1, -0.05) is 215 Å².